The van der Waals surface area contributed by atoms with Gasteiger partial charge >= 0.3 is 0 Å². The zero-order valence-electron chi connectivity index (χ0n) is 22.3. The Kier molecular flexibility index (Phi) is 10.1. The van der Waals surface area contributed by atoms with Gasteiger partial charge in [-0.3, -0.25) is 24.2 Å². The van der Waals surface area contributed by atoms with E-state index in [4.69, 9.17) is 0 Å². The molecular formula is C29H34FN5O4. The van der Waals surface area contributed by atoms with Crippen LogP contribution in [0.1, 0.15) is 49.5 Å². The molecule has 4 amide bonds. The fourth-order valence-corrected chi connectivity index (χ4v) is 3.91. The van der Waals surface area contributed by atoms with Crippen molar-refractivity contribution in [3.05, 3.63) is 77.7 Å². The van der Waals surface area contributed by atoms with E-state index in [9.17, 15) is 23.6 Å². The van der Waals surface area contributed by atoms with Crippen molar-refractivity contribution in [1.82, 2.24) is 26.3 Å². The fourth-order valence-electron chi connectivity index (χ4n) is 3.91. The van der Waals surface area contributed by atoms with Gasteiger partial charge in [0.2, 0.25) is 17.7 Å². The van der Waals surface area contributed by atoms with E-state index in [1.165, 1.54) is 12.1 Å². The molecule has 10 heteroatoms. The SMILES string of the molecule is CC(C)(C)NC(=O)C[C@H](NC(=O)CCc1ccc(F)cc1)C(=O)NCCNC(=O)c1cccc2cccnc12. The fraction of sp³-hybridized carbons (Fsp3) is 0.345. The van der Waals surface area contributed by atoms with Gasteiger partial charge in [0.05, 0.1) is 17.5 Å². The van der Waals surface area contributed by atoms with Gasteiger partial charge in [0.1, 0.15) is 11.9 Å². The zero-order chi connectivity index (χ0) is 28.4. The second kappa shape index (κ2) is 13.5. The van der Waals surface area contributed by atoms with Gasteiger partial charge in [0, 0.05) is 36.6 Å². The normalized spacial score (nSPS) is 11.9. The molecule has 1 atom stereocenters. The summed E-state index contributed by atoms with van der Waals surface area (Å²) in [7, 11) is 0. The molecule has 3 aromatic rings. The van der Waals surface area contributed by atoms with Crippen molar-refractivity contribution < 1.29 is 23.6 Å². The molecule has 9 nitrogen and oxygen atoms in total. The molecule has 0 saturated carbocycles. The maximum absolute atomic E-state index is 13.1. The minimum Gasteiger partial charge on any atom is -0.353 e. The van der Waals surface area contributed by atoms with Crippen LogP contribution in [-0.4, -0.2) is 53.3 Å². The molecule has 0 bridgehead atoms. The number of amides is 4. The number of para-hydroxylation sites is 1. The zero-order valence-corrected chi connectivity index (χ0v) is 22.3. The van der Waals surface area contributed by atoms with Crippen molar-refractivity contribution in [2.45, 2.75) is 51.6 Å². The molecule has 39 heavy (non-hydrogen) atoms. The molecular weight excluding hydrogens is 501 g/mol. The summed E-state index contributed by atoms with van der Waals surface area (Å²) >= 11 is 0. The lowest BCUT2D eigenvalue weighted by molar-refractivity contribution is -0.132. The number of nitrogens with one attached hydrogen (secondary N) is 4. The standard InChI is InChI=1S/C29H34FN5O4/c1-29(2,3)35-25(37)18-23(34-24(36)14-11-19-9-12-21(30)13-10-19)28(39)33-17-16-32-27(38)22-8-4-6-20-7-5-15-31-26(20)22/h4-10,12-13,15,23H,11,14,16-18H2,1-3H3,(H,32,38)(H,33,39)(H,34,36)(H,35,37)/t23-/m0/s1. The first-order valence-electron chi connectivity index (χ1n) is 12.8. The summed E-state index contributed by atoms with van der Waals surface area (Å²) in [6.45, 7) is 5.67. The maximum atomic E-state index is 13.1. The second-order valence-corrected chi connectivity index (χ2v) is 10.2. The van der Waals surface area contributed by atoms with Crippen LogP contribution >= 0.6 is 0 Å². The summed E-state index contributed by atoms with van der Waals surface area (Å²) < 4.78 is 13.1. The monoisotopic (exact) mass is 535 g/mol. The van der Waals surface area contributed by atoms with Crippen molar-refractivity contribution in [2.75, 3.05) is 13.1 Å². The van der Waals surface area contributed by atoms with Crippen LogP contribution < -0.4 is 21.3 Å². The van der Waals surface area contributed by atoms with Crippen LogP contribution in [-0.2, 0) is 20.8 Å². The molecule has 1 heterocycles. The van der Waals surface area contributed by atoms with E-state index in [0.717, 1.165) is 10.9 Å². The van der Waals surface area contributed by atoms with Crippen molar-refractivity contribution in [2.24, 2.45) is 0 Å². The van der Waals surface area contributed by atoms with Crippen molar-refractivity contribution in [1.29, 1.82) is 0 Å². The van der Waals surface area contributed by atoms with Crippen LogP contribution in [0.4, 0.5) is 4.39 Å². The highest BCUT2D eigenvalue weighted by atomic mass is 19.1. The van der Waals surface area contributed by atoms with Crippen molar-refractivity contribution in [3.63, 3.8) is 0 Å². The number of aromatic nitrogens is 1. The first-order chi connectivity index (χ1) is 18.5. The van der Waals surface area contributed by atoms with Gasteiger partial charge in [0.25, 0.3) is 5.91 Å². The molecule has 0 saturated heterocycles. The van der Waals surface area contributed by atoms with Crippen LogP contribution in [0.5, 0.6) is 0 Å². The molecule has 0 aliphatic rings. The Morgan fingerprint density at radius 1 is 0.897 bits per heavy atom. The predicted molar refractivity (Wildman–Crippen MR) is 146 cm³/mol. The van der Waals surface area contributed by atoms with Crippen LogP contribution in [0.2, 0.25) is 0 Å². The smallest absolute Gasteiger partial charge is 0.253 e. The number of nitrogens with zero attached hydrogens (tertiary/aromatic N) is 1. The van der Waals surface area contributed by atoms with Crippen molar-refractivity contribution >= 4 is 34.5 Å². The summed E-state index contributed by atoms with van der Waals surface area (Å²) in [4.78, 5) is 55.0. The molecule has 0 radical (unpaired) electrons. The Morgan fingerprint density at radius 3 is 2.31 bits per heavy atom. The van der Waals surface area contributed by atoms with E-state index < -0.39 is 29.3 Å². The second-order valence-electron chi connectivity index (χ2n) is 10.2. The average Bonchev–Trinajstić information content (AvgIpc) is 2.88. The molecule has 0 unspecified atom stereocenters. The summed E-state index contributed by atoms with van der Waals surface area (Å²) in [5.41, 5.74) is 1.26. The highest BCUT2D eigenvalue weighted by Gasteiger charge is 2.25. The highest BCUT2D eigenvalue weighted by Crippen LogP contribution is 2.15. The summed E-state index contributed by atoms with van der Waals surface area (Å²) in [5, 5.41) is 11.7. The lowest BCUT2D eigenvalue weighted by Gasteiger charge is -2.23. The molecule has 0 aliphatic heterocycles. The molecule has 2 aromatic carbocycles. The van der Waals surface area contributed by atoms with Gasteiger partial charge in [-0.1, -0.05) is 30.3 Å². The van der Waals surface area contributed by atoms with Gasteiger partial charge in [0.15, 0.2) is 0 Å². The number of aryl methyl sites for hydroxylation is 1. The lowest BCUT2D eigenvalue weighted by Crippen LogP contribution is -2.51. The van der Waals surface area contributed by atoms with E-state index in [-0.39, 0.29) is 37.7 Å². The number of halogens is 1. The van der Waals surface area contributed by atoms with E-state index >= 15 is 0 Å². The molecule has 0 fully saturated rings. The van der Waals surface area contributed by atoms with Crippen LogP contribution in [0.3, 0.4) is 0 Å². The Morgan fingerprint density at radius 2 is 1.59 bits per heavy atom. The lowest BCUT2D eigenvalue weighted by atomic mass is 10.1. The average molecular weight is 536 g/mol. The number of hydrogen-bond acceptors (Lipinski definition) is 5. The quantitative estimate of drug-likeness (QED) is 0.281. The van der Waals surface area contributed by atoms with Crippen LogP contribution in [0.25, 0.3) is 10.9 Å². The Hall–Kier alpha value is -4.34. The molecule has 4 N–H and O–H groups in total. The third-order valence-corrected chi connectivity index (χ3v) is 5.70. The largest absolute Gasteiger partial charge is 0.353 e. The molecule has 3 rings (SSSR count). The number of benzene rings is 2. The molecule has 0 spiro atoms. The third kappa shape index (κ3) is 9.48. The van der Waals surface area contributed by atoms with E-state index in [0.29, 0.717) is 17.5 Å². The van der Waals surface area contributed by atoms with Gasteiger partial charge in [-0.2, -0.15) is 0 Å². The van der Waals surface area contributed by atoms with Gasteiger partial charge in [-0.15, -0.1) is 0 Å². The number of fused-ring (bicyclic) bond motifs is 1. The van der Waals surface area contributed by atoms with Gasteiger partial charge < -0.3 is 21.3 Å². The van der Waals surface area contributed by atoms with E-state index in [1.807, 2.05) is 32.9 Å². The number of carbonyl (C=O) groups excluding carboxylic acids is 4. The summed E-state index contributed by atoms with van der Waals surface area (Å²) in [5.74, 6) is -2.05. The topological polar surface area (TPSA) is 129 Å². The van der Waals surface area contributed by atoms with Gasteiger partial charge in [-0.25, -0.2) is 4.39 Å². The Bertz CT molecular complexity index is 1320. The Labute approximate surface area is 227 Å². The highest BCUT2D eigenvalue weighted by molar-refractivity contribution is 6.05. The maximum Gasteiger partial charge on any atom is 0.253 e. The summed E-state index contributed by atoms with van der Waals surface area (Å²) in [6.07, 6.45) is 1.78. The van der Waals surface area contributed by atoms with Crippen molar-refractivity contribution in [3.8, 4) is 0 Å². The van der Waals surface area contributed by atoms with Crippen LogP contribution in [0.15, 0.2) is 60.8 Å². The number of rotatable bonds is 11. The number of hydrogen-bond donors (Lipinski definition) is 4. The Balaban J connectivity index is 1.55. The minimum atomic E-state index is -1.11. The third-order valence-electron chi connectivity index (χ3n) is 5.70. The number of pyridine rings is 1. The number of carbonyl (C=O) groups is 4. The minimum absolute atomic E-state index is 0.0609. The molecule has 1 aromatic heterocycles. The first kappa shape index (κ1) is 29.2. The van der Waals surface area contributed by atoms with Gasteiger partial charge in [-0.05, 0) is 57.0 Å². The summed E-state index contributed by atoms with van der Waals surface area (Å²) in [6, 6.07) is 13.7. The predicted octanol–water partition coefficient (Wildman–Crippen LogP) is 2.64. The van der Waals surface area contributed by atoms with Crippen LogP contribution in [0, 0.1) is 5.82 Å². The molecule has 206 valence electrons. The molecule has 0 aliphatic carbocycles. The van der Waals surface area contributed by atoms with E-state index in [2.05, 4.69) is 26.3 Å². The van der Waals surface area contributed by atoms with E-state index in [1.54, 1.807) is 36.5 Å². The first-order valence-corrected chi connectivity index (χ1v) is 12.8.